The average molecular weight is 499 g/mol. The molecule has 34 heavy (non-hydrogen) atoms. The second-order valence-electron chi connectivity index (χ2n) is 8.17. The van der Waals surface area contributed by atoms with E-state index in [1.54, 1.807) is 48.5 Å². The Kier molecular flexibility index (Phi) is 7.10. The highest BCUT2D eigenvalue weighted by Gasteiger charge is 2.48. The molecule has 2 aliphatic heterocycles. The van der Waals surface area contributed by atoms with Gasteiger partial charge in [-0.25, -0.2) is 9.69 Å². The van der Waals surface area contributed by atoms with Crippen LogP contribution in [0.4, 0.5) is 4.79 Å². The average Bonchev–Trinajstić information content (AvgIpc) is 3.30. The lowest BCUT2D eigenvalue weighted by Gasteiger charge is -2.23. The van der Waals surface area contributed by atoms with Gasteiger partial charge < -0.3 is 10.1 Å². The molecule has 2 aliphatic rings. The second-order valence-corrected chi connectivity index (χ2v) is 9.04. The number of nitrogens with one attached hydrogen (secondary N) is 1. The first-order valence-corrected chi connectivity index (χ1v) is 12.0. The van der Waals surface area contributed by atoms with Crippen LogP contribution in [0, 0.1) is 0 Å². The van der Waals surface area contributed by atoms with Gasteiger partial charge in [0.15, 0.2) is 0 Å². The Morgan fingerprint density at radius 2 is 1.41 bits per heavy atom. The van der Waals surface area contributed by atoms with Crippen LogP contribution in [0.3, 0.4) is 0 Å². The zero-order chi connectivity index (χ0) is 24.4. The number of hydrogen-bond acceptors (Lipinski definition) is 4. The van der Waals surface area contributed by atoms with E-state index in [2.05, 4.69) is 5.32 Å². The van der Waals surface area contributed by atoms with Crippen molar-refractivity contribution in [1.82, 2.24) is 10.2 Å². The molecule has 0 saturated heterocycles. The molecule has 2 aromatic carbocycles. The van der Waals surface area contributed by atoms with Gasteiger partial charge in [0.1, 0.15) is 6.10 Å². The summed E-state index contributed by atoms with van der Waals surface area (Å²) in [4.78, 5) is 41.1. The van der Waals surface area contributed by atoms with Crippen molar-refractivity contribution in [2.75, 3.05) is 0 Å². The van der Waals surface area contributed by atoms with Crippen LogP contribution in [0.15, 0.2) is 59.7 Å². The minimum atomic E-state index is -0.792. The van der Waals surface area contributed by atoms with Crippen LogP contribution in [-0.4, -0.2) is 28.9 Å². The van der Waals surface area contributed by atoms with Gasteiger partial charge in [-0.2, -0.15) is 0 Å². The maximum atomic E-state index is 13.7. The van der Waals surface area contributed by atoms with Gasteiger partial charge in [0, 0.05) is 10.0 Å². The molecule has 8 heteroatoms. The lowest BCUT2D eigenvalue weighted by atomic mass is 10.0. The quantitative estimate of drug-likeness (QED) is 0.493. The fourth-order valence-corrected chi connectivity index (χ4v) is 4.48. The minimum Gasteiger partial charge on any atom is -0.446 e. The van der Waals surface area contributed by atoms with Crippen molar-refractivity contribution in [3.05, 3.63) is 80.8 Å². The van der Waals surface area contributed by atoms with E-state index in [4.69, 9.17) is 27.9 Å². The Balaban J connectivity index is 1.84. The smallest absolute Gasteiger partial charge is 0.421 e. The summed E-state index contributed by atoms with van der Waals surface area (Å²) in [6.45, 7) is 4.02. The third kappa shape index (κ3) is 4.48. The maximum Gasteiger partial charge on any atom is 0.421 e. The topological polar surface area (TPSA) is 75.7 Å². The van der Waals surface area contributed by atoms with Crippen LogP contribution in [0.25, 0.3) is 11.4 Å². The summed E-state index contributed by atoms with van der Waals surface area (Å²) in [5, 5.41) is 3.81. The molecule has 0 atom stereocenters. The molecule has 2 aromatic rings. The molecule has 0 fully saturated rings. The number of carbonyl (C=O) groups excluding carboxylic acids is 3. The molecule has 6 nitrogen and oxygen atoms in total. The first-order chi connectivity index (χ1) is 16.3. The molecule has 0 unspecified atom stereocenters. The monoisotopic (exact) mass is 498 g/mol. The predicted octanol–water partition coefficient (Wildman–Crippen LogP) is 6.19. The zero-order valence-electron chi connectivity index (χ0n) is 18.9. The molecule has 176 valence electrons. The summed E-state index contributed by atoms with van der Waals surface area (Å²) in [7, 11) is 0. The number of benzene rings is 2. The predicted molar refractivity (Wildman–Crippen MR) is 132 cm³/mol. The van der Waals surface area contributed by atoms with Gasteiger partial charge in [0.25, 0.3) is 11.8 Å². The van der Waals surface area contributed by atoms with Crippen molar-refractivity contribution < 1.29 is 19.1 Å². The Labute approximate surface area is 208 Å². The van der Waals surface area contributed by atoms with Crippen molar-refractivity contribution in [2.24, 2.45) is 0 Å². The van der Waals surface area contributed by atoms with Gasteiger partial charge >= 0.3 is 6.09 Å². The van der Waals surface area contributed by atoms with Crippen molar-refractivity contribution in [3.8, 4) is 0 Å². The van der Waals surface area contributed by atoms with Gasteiger partial charge in [-0.15, -0.1) is 0 Å². The first kappa shape index (κ1) is 24.0. The second kappa shape index (κ2) is 10.0. The lowest BCUT2D eigenvalue weighted by molar-refractivity contribution is -0.122. The largest absolute Gasteiger partial charge is 0.446 e. The molecule has 0 spiro atoms. The number of rotatable bonds is 7. The van der Waals surface area contributed by atoms with Gasteiger partial charge in [0.2, 0.25) is 0 Å². The number of imide groups is 1. The summed E-state index contributed by atoms with van der Waals surface area (Å²) in [5.74, 6) is -1.08. The number of carbonyl (C=O) groups is 3. The van der Waals surface area contributed by atoms with Crippen molar-refractivity contribution >= 4 is 52.5 Å². The van der Waals surface area contributed by atoms with E-state index in [1.165, 1.54) is 0 Å². The molecule has 1 N–H and O–H groups in total. The molecule has 3 amide bonds. The molecule has 2 heterocycles. The third-order valence-electron chi connectivity index (χ3n) is 5.76. The van der Waals surface area contributed by atoms with Crippen LogP contribution >= 0.6 is 23.2 Å². The number of fused-ring (bicyclic) bond motifs is 1. The van der Waals surface area contributed by atoms with Gasteiger partial charge in [0.05, 0.1) is 22.5 Å². The lowest BCUT2D eigenvalue weighted by Crippen LogP contribution is -2.36. The maximum absolute atomic E-state index is 13.7. The van der Waals surface area contributed by atoms with Crippen LogP contribution < -0.4 is 5.32 Å². The summed E-state index contributed by atoms with van der Waals surface area (Å²) in [6, 6.07) is 13.4. The Morgan fingerprint density at radius 3 is 1.94 bits per heavy atom. The van der Waals surface area contributed by atoms with Gasteiger partial charge in [-0.3, -0.25) is 9.59 Å². The van der Waals surface area contributed by atoms with Gasteiger partial charge in [-0.05, 0) is 48.2 Å². The Bertz CT molecular complexity index is 1190. The van der Waals surface area contributed by atoms with Crippen LogP contribution in [0.2, 0.25) is 10.0 Å². The number of hydrogen-bond donors (Lipinski definition) is 1. The zero-order valence-corrected chi connectivity index (χ0v) is 20.4. The van der Waals surface area contributed by atoms with Crippen LogP contribution in [0.5, 0.6) is 0 Å². The normalized spacial score (nSPS) is 15.4. The van der Waals surface area contributed by atoms with Crippen molar-refractivity contribution in [1.29, 1.82) is 0 Å². The number of ether oxygens (including phenoxy) is 1. The molecular weight excluding hydrogens is 475 g/mol. The van der Waals surface area contributed by atoms with Gasteiger partial charge in [-0.1, -0.05) is 74.2 Å². The van der Waals surface area contributed by atoms with E-state index in [1.807, 2.05) is 13.8 Å². The number of amides is 3. The van der Waals surface area contributed by atoms with E-state index < -0.39 is 17.9 Å². The fourth-order valence-electron chi connectivity index (χ4n) is 4.23. The highest BCUT2D eigenvalue weighted by molar-refractivity contribution is 6.34. The van der Waals surface area contributed by atoms with E-state index >= 15 is 0 Å². The number of nitrogens with zero attached hydrogens (tertiary/aromatic N) is 1. The summed E-state index contributed by atoms with van der Waals surface area (Å²) in [6.07, 6.45) is 1.95. The van der Waals surface area contributed by atoms with Crippen molar-refractivity contribution in [2.45, 2.75) is 45.6 Å². The van der Waals surface area contributed by atoms with E-state index in [-0.39, 0.29) is 22.9 Å². The van der Waals surface area contributed by atoms with E-state index in [0.29, 0.717) is 39.7 Å². The molecule has 0 aliphatic carbocycles. The molecule has 4 rings (SSSR count). The Morgan fingerprint density at radius 1 is 0.882 bits per heavy atom. The van der Waals surface area contributed by atoms with E-state index in [0.717, 1.165) is 17.7 Å². The highest BCUT2D eigenvalue weighted by atomic mass is 35.5. The first-order valence-electron chi connectivity index (χ1n) is 11.2. The Hall–Kier alpha value is -3.09. The fraction of sp³-hybridized carbons (Fsp3) is 0.269. The summed E-state index contributed by atoms with van der Waals surface area (Å²) >= 11 is 12.1. The van der Waals surface area contributed by atoms with Crippen LogP contribution in [-0.2, 0) is 14.3 Å². The molecule has 0 bridgehead atoms. The number of halogens is 2. The minimum absolute atomic E-state index is 0.136. The third-order valence-corrected chi connectivity index (χ3v) is 6.27. The molecular formula is C26H24Cl2N2O4. The summed E-state index contributed by atoms with van der Waals surface area (Å²) < 4.78 is 5.75. The highest BCUT2D eigenvalue weighted by Crippen LogP contribution is 2.43. The van der Waals surface area contributed by atoms with E-state index in [9.17, 15) is 14.4 Å². The molecule has 0 saturated carbocycles. The van der Waals surface area contributed by atoms with Crippen LogP contribution in [0.1, 0.15) is 50.7 Å². The molecule has 0 radical (unpaired) electrons. The summed E-state index contributed by atoms with van der Waals surface area (Å²) in [5.41, 5.74) is 1.91. The standard InChI is InChI=1S/C26H24Cl2N2O4/c1-3-5-19(6-4-2)34-26(33)30-23(16-9-13-18(28)14-10-16)21-20(25(30)32)22(29-24(21)31)15-7-11-17(27)12-8-15/h7-14,19H,3-6H2,1-2H3,(H,29,31). The SMILES string of the molecule is CCCC(CCC)OC(=O)N1C(=O)C2=C(c3ccc(Cl)cc3)NC(=O)C2=C1c1ccc(Cl)cc1. The van der Waals surface area contributed by atoms with Crippen molar-refractivity contribution in [3.63, 3.8) is 0 Å². The molecule has 0 aromatic heterocycles.